The lowest BCUT2D eigenvalue weighted by Gasteiger charge is -2.22. The van der Waals surface area contributed by atoms with Crippen LogP contribution in [0.2, 0.25) is 0 Å². The molecule has 0 spiro atoms. The average molecular weight is 644 g/mol. The first-order valence-corrected chi connectivity index (χ1v) is 14.3. The number of nitrogens with one attached hydrogen (secondary N) is 4. The molecule has 0 bridgehead atoms. The molecule has 2 aromatic carbocycles. The van der Waals surface area contributed by atoms with E-state index in [1.54, 1.807) is 0 Å². The molecule has 0 aliphatic heterocycles. The highest BCUT2D eigenvalue weighted by Crippen LogP contribution is 2.37. The summed E-state index contributed by atoms with van der Waals surface area (Å²) in [6.45, 7) is 5.52. The van der Waals surface area contributed by atoms with E-state index in [0.717, 1.165) is 0 Å². The number of aromatic hydroxyl groups is 2. The molecule has 0 saturated heterocycles. The second-order valence-electron chi connectivity index (χ2n) is 10.7. The van der Waals surface area contributed by atoms with Crippen LogP contribution in [0.15, 0.2) is 36.4 Å². The van der Waals surface area contributed by atoms with Gasteiger partial charge in [0, 0.05) is 30.9 Å². The molecule has 15 heteroatoms. The Morgan fingerprint density at radius 2 is 1.07 bits per heavy atom. The van der Waals surface area contributed by atoms with E-state index in [1.165, 1.54) is 78.3 Å². The van der Waals surface area contributed by atoms with Gasteiger partial charge >= 0.3 is 11.9 Å². The molecule has 0 heterocycles. The van der Waals surface area contributed by atoms with Gasteiger partial charge in [-0.1, -0.05) is 12.1 Å². The van der Waals surface area contributed by atoms with Crippen molar-refractivity contribution in [3.8, 4) is 22.6 Å². The number of hydrogen-bond donors (Lipinski definition) is 7. The summed E-state index contributed by atoms with van der Waals surface area (Å²) in [5, 5.41) is 31.5. The first-order chi connectivity index (χ1) is 21.6. The normalized spacial score (nSPS) is 14.0. The molecular formula is C31H41N5O10. The highest BCUT2D eigenvalue weighted by atomic mass is 16.5. The van der Waals surface area contributed by atoms with Crippen molar-refractivity contribution in [1.82, 2.24) is 21.3 Å². The summed E-state index contributed by atoms with van der Waals surface area (Å²) in [5.74, 6) is -4.25. The molecule has 4 amide bonds. The Kier molecular flexibility index (Phi) is 13.5. The fourth-order valence-corrected chi connectivity index (χ4v) is 4.39. The molecule has 2 rings (SSSR count). The van der Waals surface area contributed by atoms with Crippen LogP contribution >= 0.6 is 0 Å². The summed E-state index contributed by atoms with van der Waals surface area (Å²) < 4.78 is 9.27. The van der Waals surface area contributed by atoms with Crippen molar-refractivity contribution in [3.05, 3.63) is 47.5 Å². The Balaban J connectivity index is 2.43. The third kappa shape index (κ3) is 10.5. The van der Waals surface area contributed by atoms with Crippen molar-refractivity contribution in [3.63, 3.8) is 0 Å². The minimum atomic E-state index is -1.17. The number of amides is 4. The third-order valence-electron chi connectivity index (χ3n) is 6.86. The van der Waals surface area contributed by atoms with Crippen molar-refractivity contribution in [2.24, 2.45) is 5.73 Å². The fourth-order valence-electron chi connectivity index (χ4n) is 4.39. The second kappa shape index (κ2) is 16.8. The van der Waals surface area contributed by atoms with Crippen LogP contribution in [-0.4, -0.2) is 90.2 Å². The van der Waals surface area contributed by atoms with Gasteiger partial charge in [0.25, 0.3) is 0 Å². The van der Waals surface area contributed by atoms with Crippen molar-refractivity contribution < 1.29 is 48.5 Å². The van der Waals surface area contributed by atoms with Crippen LogP contribution in [0.3, 0.4) is 0 Å². The van der Waals surface area contributed by atoms with Crippen LogP contribution < -0.4 is 27.0 Å². The highest BCUT2D eigenvalue weighted by Gasteiger charge is 2.27. The van der Waals surface area contributed by atoms with Gasteiger partial charge in [-0.2, -0.15) is 0 Å². The van der Waals surface area contributed by atoms with Crippen molar-refractivity contribution in [2.45, 2.75) is 70.7 Å². The molecule has 0 fully saturated rings. The lowest BCUT2D eigenvalue weighted by molar-refractivity contribution is -0.145. The van der Waals surface area contributed by atoms with Gasteiger partial charge in [-0.15, -0.1) is 0 Å². The summed E-state index contributed by atoms with van der Waals surface area (Å²) in [6.07, 6.45) is -0.133. The number of phenolic OH excluding ortho intramolecular Hbond substituents is 2. The zero-order chi connectivity index (χ0) is 34.7. The minimum absolute atomic E-state index is 0.0447. The van der Waals surface area contributed by atoms with Gasteiger partial charge in [0.1, 0.15) is 35.7 Å². The predicted molar refractivity (Wildman–Crippen MR) is 165 cm³/mol. The lowest BCUT2D eigenvalue weighted by Crippen LogP contribution is -2.54. The number of nitrogens with two attached hydrogens (primary N) is 1. The number of esters is 2. The topological polar surface area (TPSA) is 235 Å². The number of methoxy groups -OCH3 is 2. The van der Waals surface area contributed by atoms with E-state index in [9.17, 15) is 39.0 Å². The number of ether oxygens (including phenoxy) is 2. The molecular weight excluding hydrogens is 602 g/mol. The number of benzene rings is 2. The number of phenols is 2. The maximum Gasteiger partial charge on any atom is 0.328 e. The Bertz CT molecular complexity index is 1460. The maximum atomic E-state index is 13.1. The third-order valence-corrected chi connectivity index (χ3v) is 6.86. The molecule has 2 aromatic rings. The van der Waals surface area contributed by atoms with Gasteiger partial charge in [0.15, 0.2) is 0 Å². The van der Waals surface area contributed by atoms with E-state index in [-0.39, 0.29) is 35.5 Å². The minimum Gasteiger partial charge on any atom is -0.507 e. The van der Waals surface area contributed by atoms with Crippen LogP contribution in [0, 0.1) is 0 Å². The molecule has 0 aliphatic carbocycles. The van der Waals surface area contributed by atoms with E-state index in [4.69, 9.17) is 5.73 Å². The fraction of sp³-hybridized carbons (Fsp3) is 0.419. The molecule has 4 unspecified atom stereocenters. The van der Waals surface area contributed by atoms with Gasteiger partial charge in [-0.3, -0.25) is 19.2 Å². The molecule has 0 radical (unpaired) electrons. The zero-order valence-electron chi connectivity index (χ0n) is 26.5. The van der Waals surface area contributed by atoms with E-state index in [0.29, 0.717) is 11.1 Å². The standard InChI is InChI=1S/C31H41N5O10/c1-15(32)27(40)36-24(29(42)34-17(3)31(44)46-6)14-20-8-10-26(39)22(12-20)21-11-19(7-9-25(21)38)13-23(35-18(4)37)28(41)33-16(2)30(43)45-5/h7-12,15-17,23-24,38-39H,13-14,32H2,1-6H3,(H,33,41)(H,34,42)(H,35,37)(H,36,40)/t15?,16-,17?,23?,24?/m0/s1. The van der Waals surface area contributed by atoms with E-state index in [2.05, 4.69) is 30.7 Å². The molecule has 250 valence electrons. The van der Waals surface area contributed by atoms with Crippen LogP contribution in [0.25, 0.3) is 11.1 Å². The summed E-state index contributed by atoms with van der Waals surface area (Å²) in [4.78, 5) is 73.9. The van der Waals surface area contributed by atoms with Gasteiger partial charge in [0.2, 0.25) is 23.6 Å². The highest BCUT2D eigenvalue weighted by molar-refractivity contribution is 5.92. The van der Waals surface area contributed by atoms with Gasteiger partial charge in [-0.05, 0) is 56.2 Å². The number of carbonyl (C=O) groups is 6. The summed E-state index contributed by atoms with van der Waals surface area (Å²) >= 11 is 0. The quantitative estimate of drug-likeness (QED) is 0.130. The Morgan fingerprint density at radius 1 is 0.674 bits per heavy atom. The number of carbonyl (C=O) groups excluding carboxylic acids is 6. The van der Waals surface area contributed by atoms with Crippen LogP contribution in [0.4, 0.5) is 0 Å². The predicted octanol–water partition coefficient (Wildman–Crippen LogP) is -0.458. The molecule has 0 aliphatic rings. The lowest BCUT2D eigenvalue weighted by atomic mass is 9.94. The van der Waals surface area contributed by atoms with E-state index in [1.807, 2.05) is 0 Å². The summed E-state index contributed by atoms with van der Waals surface area (Å²) in [6, 6.07) is 3.57. The molecule has 0 aromatic heterocycles. The van der Waals surface area contributed by atoms with Crippen molar-refractivity contribution in [1.29, 1.82) is 0 Å². The SMILES string of the molecule is COC(=O)C(C)NC(=O)C(Cc1ccc(O)c(-c2cc(CC(NC(C)=O)C(=O)N[C@@H](C)C(=O)OC)ccc2O)c1)NC(=O)C(C)N. The monoisotopic (exact) mass is 643 g/mol. The zero-order valence-corrected chi connectivity index (χ0v) is 26.5. The van der Waals surface area contributed by atoms with E-state index < -0.39 is 65.8 Å². The molecule has 46 heavy (non-hydrogen) atoms. The summed E-state index contributed by atoms with van der Waals surface area (Å²) in [7, 11) is 2.35. The first kappa shape index (κ1) is 37.0. The Labute approximate surface area is 266 Å². The largest absolute Gasteiger partial charge is 0.507 e. The average Bonchev–Trinajstić information content (AvgIpc) is 3.00. The van der Waals surface area contributed by atoms with Gasteiger partial charge < -0.3 is 46.7 Å². The smallest absolute Gasteiger partial charge is 0.328 e. The first-order valence-electron chi connectivity index (χ1n) is 14.3. The number of rotatable bonds is 14. The molecule has 0 saturated carbocycles. The van der Waals surface area contributed by atoms with Crippen molar-refractivity contribution in [2.75, 3.05) is 14.2 Å². The van der Waals surface area contributed by atoms with Gasteiger partial charge in [-0.25, -0.2) is 9.59 Å². The van der Waals surface area contributed by atoms with Crippen LogP contribution in [0.1, 0.15) is 38.8 Å². The number of hydrogen-bond acceptors (Lipinski definition) is 11. The van der Waals surface area contributed by atoms with E-state index >= 15 is 0 Å². The second-order valence-corrected chi connectivity index (χ2v) is 10.7. The molecule has 15 nitrogen and oxygen atoms in total. The van der Waals surface area contributed by atoms with Crippen LogP contribution in [0.5, 0.6) is 11.5 Å². The Morgan fingerprint density at radius 3 is 1.41 bits per heavy atom. The van der Waals surface area contributed by atoms with Gasteiger partial charge in [0.05, 0.1) is 20.3 Å². The molecule has 8 N–H and O–H groups in total. The Hall–Kier alpha value is -5.18. The van der Waals surface area contributed by atoms with Crippen molar-refractivity contribution >= 4 is 35.6 Å². The summed E-state index contributed by atoms with van der Waals surface area (Å²) in [5.41, 5.74) is 6.95. The van der Waals surface area contributed by atoms with Crippen LogP contribution in [-0.2, 0) is 51.1 Å². The molecule has 5 atom stereocenters. The maximum absolute atomic E-state index is 13.1.